The molecule has 2 aromatic rings. The van der Waals surface area contributed by atoms with E-state index >= 15 is 0 Å². The van der Waals surface area contributed by atoms with Gasteiger partial charge in [-0.25, -0.2) is 5.84 Å². The zero-order chi connectivity index (χ0) is 10.1. The summed E-state index contributed by atoms with van der Waals surface area (Å²) >= 11 is 0. The minimum absolute atomic E-state index is 0.307. The first-order chi connectivity index (χ1) is 6.70. The van der Waals surface area contributed by atoms with Gasteiger partial charge in [0.1, 0.15) is 5.69 Å². The number of aromatic amines is 1. The molecule has 0 saturated heterocycles. The van der Waals surface area contributed by atoms with E-state index in [4.69, 9.17) is 5.84 Å². The van der Waals surface area contributed by atoms with Gasteiger partial charge in [0.05, 0.1) is 0 Å². The second-order valence-corrected chi connectivity index (χ2v) is 3.25. The number of aryl methyl sites for hydroxylation is 1. The fourth-order valence-electron chi connectivity index (χ4n) is 1.44. The fraction of sp³-hybridized carbons (Fsp3) is 0.100. The van der Waals surface area contributed by atoms with Crippen LogP contribution >= 0.6 is 0 Å². The number of H-pyrrole nitrogens is 1. The minimum atomic E-state index is -0.307. The van der Waals surface area contributed by atoms with E-state index < -0.39 is 0 Å². The lowest BCUT2D eigenvalue weighted by molar-refractivity contribution is 0.0949. The molecule has 0 fully saturated rings. The van der Waals surface area contributed by atoms with Crippen LogP contribution in [0.4, 0.5) is 0 Å². The highest BCUT2D eigenvalue weighted by molar-refractivity contribution is 5.97. The first kappa shape index (κ1) is 8.77. The van der Waals surface area contributed by atoms with Gasteiger partial charge in [0.25, 0.3) is 5.91 Å². The summed E-state index contributed by atoms with van der Waals surface area (Å²) in [6.07, 6.45) is 0. The summed E-state index contributed by atoms with van der Waals surface area (Å²) in [5.74, 6) is 4.73. The molecule has 2 rings (SSSR count). The fourth-order valence-corrected chi connectivity index (χ4v) is 1.44. The van der Waals surface area contributed by atoms with Gasteiger partial charge in [0, 0.05) is 10.9 Å². The number of nitrogen functional groups attached to an aromatic ring is 1. The Labute approximate surface area is 81.1 Å². The lowest BCUT2D eigenvalue weighted by atomic mass is 10.2. The molecule has 0 aliphatic carbocycles. The van der Waals surface area contributed by atoms with Crippen molar-refractivity contribution in [2.45, 2.75) is 6.92 Å². The lowest BCUT2D eigenvalue weighted by Gasteiger charge is -1.93. The van der Waals surface area contributed by atoms with Crippen molar-refractivity contribution >= 4 is 16.8 Å². The molecule has 0 aliphatic heterocycles. The van der Waals surface area contributed by atoms with Crippen molar-refractivity contribution in [3.63, 3.8) is 0 Å². The van der Waals surface area contributed by atoms with Gasteiger partial charge in [0.2, 0.25) is 0 Å². The smallest absolute Gasteiger partial charge is 0.281 e. The number of benzene rings is 1. The molecule has 4 N–H and O–H groups in total. The van der Waals surface area contributed by atoms with Gasteiger partial charge in [-0.05, 0) is 24.6 Å². The zero-order valence-corrected chi connectivity index (χ0v) is 7.79. The van der Waals surface area contributed by atoms with E-state index in [1.807, 2.05) is 25.1 Å². The summed E-state index contributed by atoms with van der Waals surface area (Å²) < 4.78 is 0. The zero-order valence-electron chi connectivity index (χ0n) is 7.79. The van der Waals surface area contributed by atoms with Crippen LogP contribution in [-0.2, 0) is 0 Å². The highest BCUT2D eigenvalue weighted by atomic mass is 16.2. The third-order valence-corrected chi connectivity index (χ3v) is 2.15. The Morgan fingerprint density at radius 3 is 2.93 bits per heavy atom. The topological polar surface area (TPSA) is 70.9 Å². The van der Waals surface area contributed by atoms with E-state index in [1.165, 1.54) is 0 Å². The van der Waals surface area contributed by atoms with Crippen molar-refractivity contribution in [1.82, 2.24) is 10.4 Å². The van der Waals surface area contributed by atoms with Crippen molar-refractivity contribution in [3.05, 3.63) is 35.5 Å². The first-order valence-corrected chi connectivity index (χ1v) is 4.31. The Bertz CT molecular complexity index is 487. The maximum Gasteiger partial charge on any atom is 0.281 e. The third-order valence-electron chi connectivity index (χ3n) is 2.15. The van der Waals surface area contributed by atoms with Crippen LogP contribution in [0.2, 0.25) is 0 Å². The molecule has 0 spiro atoms. The first-order valence-electron chi connectivity index (χ1n) is 4.31. The molecule has 72 valence electrons. The van der Waals surface area contributed by atoms with Crippen LogP contribution in [0.15, 0.2) is 24.3 Å². The molecular weight excluding hydrogens is 178 g/mol. The lowest BCUT2D eigenvalue weighted by Crippen LogP contribution is -2.30. The number of carbonyl (C=O) groups is 1. The molecule has 0 unspecified atom stereocenters. The van der Waals surface area contributed by atoms with Crippen molar-refractivity contribution in [1.29, 1.82) is 0 Å². The van der Waals surface area contributed by atoms with Gasteiger partial charge in [-0.1, -0.05) is 12.1 Å². The van der Waals surface area contributed by atoms with Crippen molar-refractivity contribution in [3.8, 4) is 0 Å². The predicted octanol–water partition coefficient (Wildman–Crippen LogP) is 1.08. The van der Waals surface area contributed by atoms with Crippen LogP contribution in [0.1, 0.15) is 16.1 Å². The Hall–Kier alpha value is -1.81. The number of rotatable bonds is 1. The second kappa shape index (κ2) is 3.16. The average Bonchev–Trinajstić information content (AvgIpc) is 2.59. The van der Waals surface area contributed by atoms with Crippen LogP contribution in [0, 0.1) is 6.92 Å². The number of nitrogens with one attached hydrogen (secondary N) is 2. The van der Waals surface area contributed by atoms with Crippen LogP contribution in [0.3, 0.4) is 0 Å². The molecule has 0 atom stereocenters. The number of hydrogen-bond donors (Lipinski definition) is 3. The highest BCUT2D eigenvalue weighted by Gasteiger charge is 2.06. The van der Waals surface area contributed by atoms with Gasteiger partial charge < -0.3 is 4.98 Å². The summed E-state index contributed by atoms with van der Waals surface area (Å²) in [5.41, 5.74) is 4.67. The maximum atomic E-state index is 11.2. The molecule has 4 heteroatoms. The Kier molecular flexibility index (Phi) is 1.98. The number of hydrazine groups is 1. The van der Waals surface area contributed by atoms with E-state index in [2.05, 4.69) is 10.4 Å². The summed E-state index contributed by atoms with van der Waals surface area (Å²) in [6.45, 7) is 2.00. The molecule has 14 heavy (non-hydrogen) atoms. The number of hydrogen-bond acceptors (Lipinski definition) is 2. The molecule has 0 radical (unpaired) electrons. The van der Waals surface area contributed by atoms with Crippen LogP contribution < -0.4 is 11.3 Å². The van der Waals surface area contributed by atoms with E-state index in [-0.39, 0.29) is 5.91 Å². The van der Waals surface area contributed by atoms with Crippen molar-refractivity contribution < 1.29 is 4.79 Å². The minimum Gasteiger partial charge on any atom is -0.350 e. The van der Waals surface area contributed by atoms with E-state index in [1.54, 1.807) is 6.07 Å². The largest absolute Gasteiger partial charge is 0.350 e. The van der Waals surface area contributed by atoms with E-state index in [9.17, 15) is 4.79 Å². The maximum absolute atomic E-state index is 11.2. The van der Waals surface area contributed by atoms with Gasteiger partial charge in [-0.2, -0.15) is 0 Å². The predicted molar refractivity (Wildman–Crippen MR) is 54.7 cm³/mol. The summed E-state index contributed by atoms with van der Waals surface area (Å²) in [6, 6.07) is 7.73. The standard InChI is InChI=1S/C10H11N3O/c1-6-2-3-7-5-9(10(14)13-11)12-8(7)4-6/h2-5,12H,11H2,1H3,(H,13,14). The van der Waals surface area contributed by atoms with Crippen LogP contribution in [0.25, 0.3) is 10.9 Å². The van der Waals surface area contributed by atoms with Crippen LogP contribution in [0.5, 0.6) is 0 Å². The normalized spacial score (nSPS) is 10.4. The molecule has 4 nitrogen and oxygen atoms in total. The Morgan fingerprint density at radius 1 is 1.43 bits per heavy atom. The second-order valence-electron chi connectivity index (χ2n) is 3.25. The summed E-state index contributed by atoms with van der Waals surface area (Å²) in [4.78, 5) is 14.2. The van der Waals surface area contributed by atoms with Gasteiger partial charge in [-0.3, -0.25) is 10.2 Å². The van der Waals surface area contributed by atoms with Crippen LogP contribution in [-0.4, -0.2) is 10.9 Å². The highest BCUT2D eigenvalue weighted by Crippen LogP contribution is 2.16. The van der Waals surface area contributed by atoms with Gasteiger partial charge in [-0.15, -0.1) is 0 Å². The molecule has 1 aromatic carbocycles. The quantitative estimate of drug-likeness (QED) is 0.357. The number of nitrogens with two attached hydrogens (primary N) is 1. The number of aromatic nitrogens is 1. The van der Waals surface area contributed by atoms with Crippen molar-refractivity contribution in [2.24, 2.45) is 5.84 Å². The number of fused-ring (bicyclic) bond motifs is 1. The molecule has 1 aromatic heterocycles. The molecule has 1 heterocycles. The molecule has 1 amide bonds. The number of carbonyl (C=O) groups excluding carboxylic acids is 1. The Morgan fingerprint density at radius 2 is 2.21 bits per heavy atom. The third kappa shape index (κ3) is 1.36. The van der Waals surface area contributed by atoms with Crippen molar-refractivity contribution in [2.75, 3.05) is 0 Å². The Balaban J connectivity index is 2.56. The SMILES string of the molecule is Cc1ccc2cc(C(=O)NN)[nH]c2c1. The van der Waals surface area contributed by atoms with Gasteiger partial charge in [0.15, 0.2) is 0 Å². The number of amides is 1. The van der Waals surface area contributed by atoms with Gasteiger partial charge >= 0.3 is 0 Å². The molecule has 0 saturated carbocycles. The summed E-state index contributed by atoms with van der Waals surface area (Å²) in [7, 11) is 0. The van der Waals surface area contributed by atoms with E-state index in [0.29, 0.717) is 5.69 Å². The molecular formula is C10H11N3O. The van der Waals surface area contributed by atoms with E-state index in [0.717, 1.165) is 16.5 Å². The average molecular weight is 189 g/mol. The summed E-state index contributed by atoms with van der Waals surface area (Å²) in [5, 5.41) is 1.01. The monoisotopic (exact) mass is 189 g/mol. The molecule has 0 bridgehead atoms. The molecule has 0 aliphatic rings.